The maximum absolute atomic E-state index is 12.4. The average Bonchev–Trinajstić information content (AvgIpc) is 3.18. The predicted octanol–water partition coefficient (Wildman–Crippen LogP) is 5.94. The predicted molar refractivity (Wildman–Crippen MR) is 130 cm³/mol. The number of hydrogen-bond donors (Lipinski definition) is 0. The van der Waals surface area contributed by atoms with E-state index in [9.17, 15) is 14.9 Å². The third-order valence-electron chi connectivity index (χ3n) is 4.78. The van der Waals surface area contributed by atoms with E-state index in [2.05, 4.69) is 20.9 Å². The molecule has 8 nitrogen and oxygen atoms in total. The number of ether oxygens (including phenoxy) is 3. The van der Waals surface area contributed by atoms with Crippen LogP contribution in [0.1, 0.15) is 16.7 Å². The first-order valence-electron chi connectivity index (χ1n) is 9.87. The van der Waals surface area contributed by atoms with Crippen LogP contribution >= 0.6 is 27.5 Å². The van der Waals surface area contributed by atoms with Crippen molar-refractivity contribution in [1.82, 2.24) is 0 Å². The molecule has 172 valence electrons. The van der Waals surface area contributed by atoms with Gasteiger partial charge in [-0.2, -0.15) is 0 Å². The van der Waals surface area contributed by atoms with Gasteiger partial charge < -0.3 is 14.2 Å². The Morgan fingerprint density at radius 2 is 1.97 bits per heavy atom. The highest BCUT2D eigenvalue weighted by Crippen LogP contribution is 2.38. The number of nitrogens with zero attached hydrogens (tertiary/aromatic N) is 2. The number of esters is 1. The van der Waals surface area contributed by atoms with E-state index in [0.717, 1.165) is 0 Å². The molecule has 0 bridgehead atoms. The zero-order valence-electron chi connectivity index (χ0n) is 17.7. The van der Waals surface area contributed by atoms with Gasteiger partial charge in [-0.25, -0.2) is 9.79 Å². The number of non-ortho nitro benzene ring substituents is 1. The Balaban J connectivity index is 1.59. The van der Waals surface area contributed by atoms with E-state index in [4.69, 9.17) is 25.8 Å². The van der Waals surface area contributed by atoms with Crippen LogP contribution in [0.15, 0.2) is 75.8 Å². The molecule has 0 amide bonds. The number of rotatable bonds is 7. The molecule has 1 aliphatic heterocycles. The molecule has 0 unspecified atom stereocenters. The number of hydrogen-bond acceptors (Lipinski definition) is 7. The van der Waals surface area contributed by atoms with Gasteiger partial charge in [0.05, 0.1) is 27.1 Å². The van der Waals surface area contributed by atoms with Gasteiger partial charge in [-0.3, -0.25) is 10.1 Å². The second-order valence-electron chi connectivity index (χ2n) is 7.07. The summed E-state index contributed by atoms with van der Waals surface area (Å²) in [5.74, 6) is 0.333. The van der Waals surface area contributed by atoms with Crippen molar-refractivity contribution < 1.29 is 23.9 Å². The smallest absolute Gasteiger partial charge is 0.363 e. The largest absolute Gasteiger partial charge is 0.493 e. The van der Waals surface area contributed by atoms with Crippen LogP contribution in [-0.4, -0.2) is 23.9 Å². The van der Waals surface area contributed by atoms with Gasteiger partial charge in [-0.05, 0) is 57.4 Å². The highest BCUT2D eigenvalue weighted by Gasteiger charge is 2.25. The number of aliphatic imine (C=N–C) groups is 1. The molecule has 10 heteroatoms. The van der Waals surface area contributed by atoms with Gasteiger partial charge in [0.1, 0.15) is 6.61 Å². The summed E-state index contributed by atoms with van der Waals surface area (Å²) < 4.78 is 17.2. The Morgan fingerprint density at radius 1 is 1.18 bits per heavy atom. The fourth-order valence-electron chi connectivity index (χ4n) is 3.20. The summed E-state index contributed by atoms with van der Waals surface area (Å²) in [6.45, 7) is 0.0922. The van der Waals surface area contributed by atoms with Crippen LogP contribution in [0.25, 0.3) is 6.08 Å². The highest BCUT2D eigenvalue weighted by atomic mass is 79.9. The van der Waals surface area contributed by atoms with E-state index >= 15 is 0 Å². The molecule has 0 saturated carbocycles. The molecular weight excluding hydrogens is 528 g/mol. The van der Waals surface area contributed by atoms with Crippen molar-refractivity contribution >= 4 is 51.2 Å². The minimum absolute atomic E-state index is 0.0192. The fourth-order valence-corrected chi connectivity index (χ4v) is 3.99. The van der Waals surface area contributed by atoms with Crippen LogP contribution in [-0.2, 0) is 16.1 Å². The lowest BCUT2D eigenvalue weighted by molar-refractivity contribution is -0.384. The SMILES string of the molecule is COc1cc(/C=C2\N=C(c3ccccc3Cl)OC2=O)cc(Br)c1OCc1cccc([N+](=O)[O-])c1. The van der Waals surface area contributed by atoms with E-state index in [-0.39, 0.29) is 23.9 Å². The van der Waals surface area contributed by atoms with Crippen LogP contribution < -0.4 is 9.47 Å². The second-order valence-corrected chi connectivity index (χ2v) is 8.33. The fraction of sp³-hybridized carbons (Fsp3) is 0.0833. The molecule has 3 aromatic rings. The van der Waals surface area contributed by atoms with Gasteiger partial charge in [0.2, 0.25) is 5.90 Å². The average molecular weight is 544 g/mol. The number of halogens is 2. The number of carbonyl (C=O) groups excluding carboxylic acids is 1. The first-order chi connectivity index (χ1) is 16.4. The number of benzene rings is 3. The zero-order valence-corrected chi connectivity index (χ0v) is 20.0. The van der Waals surface area contributed by atoms with E-state index in [1.165, 1.54) is 19.2 Å². The van der Waals surface area contributed by atoms with E-state index in [1.807, 2.05) is 0 Å². The Labute approximate surface area is 207 Å². The summed E-state index contributed by atoms with van der Waals surface area (Å²) >= 11 is 9.63. The third-order valence-corrected chi connectivity index (χ3v) is 5.70. The standard InChI is InChI=1S/C24H16BrClN2O6/c1-32-21-12-15(11-20-24(29)34-23(27-20)17-7-2-3-8-19(17)26)10-18(25)22(21)33-13-14-5-4-6-16(9-14)28(30)31/h2-12H,13H2,1H3/b20-11-. The van der Waals surface area contributed by atoms with Crippen molar-refractivity contribution in [2.75, 3.05) is 7.11 Å². The van der Waals surface area contributed by atoms with Crippen LogP contribution in [0.3, 0.4) is 0 Å². The van der Waals surface area contributed by atoms with E-state index < -0.39 is 10.9 Å². The molecule has 0 atom stereocenters. The summed E-state index contributed by atoms with van der Waals surface area (Å²) in [6.07, 6.45) is 1.56. The number of nitro benzene ring substituents is 1. The summed E-state index contributed by atoms with van der Waals surface area (Å²) in [5.41, 5.74) is 1.85. The van der Waals surface area contributed by atoms with Crippen molar-refractivity contribution in [3.63, 3.8) is 0 Å². The summed E-state index contributed by atoms with van der Waals surface area (Å²) in [5, 5.41) is 11.4. The summed E-state index contributed by atoms with van der Waals surface area (Å²) in [7, 11) is 1.48. The number of methoxy groups -OCH3 is 1. The van der Waals surface area contributed by atoms with Gasteiger partial charge in [0.25, 0.3) is 5.69 Å². The molecular formula is C24H16BrClN2O6. The molecule has 34 heavy (non-hydrogen) atoms. The highest BCUT2D eigenvalue weighted by molar-refractivity contribution is 9.10. The third kappa shape index (κ3) is 5.11. The van der Waals surface area contributed by atoms with Crippen molar-refractivity contribution in [3.8, 4) is 11.5 Å². The number of cyclic esters (lactones) is 1. The Kier molecular flexibility index (Phi) is 6.95. The molecule has 4 rings (SSSR count). The first kappa shape index (κ1) is 23.5. The van der Waals surface area contributed by atoms with Gasteiger partial charge in [0.15, 0.2) is 17.2 Å². The molecule has 0 N–H and O–H groups in total. The zero-order chi connectivity index (χ0) is 24.2. The lowest BCUT2D eigenvalue weighted by atomic mass is 10.1. The lowest BCUT2D eigenvalue weighted by Crippen LogP contribution is -2.05. The second kappa shape index (κ2) is 10.1. The summed E-state index contributed by atoms with van der Waals surface area (Å²) in [4.78, 5) is 27.2. The minimum atomic E-state index is -0.601. The van der Waals surface area contributed by atoms with Crippen molar-refractivity contribution in [1.29, 1.82) is 0 Å². The molecule has 0 fully saturated rings. The van der Waals surface area contributed by atoms with Gasteiger partial charge in [0, 0.05) is 12.1 Å². The van der Waals surface area contributed by atoms with Crippen LogP contribution in [0, 0.1) is 10.1 Å². The normalized spacial score (nSPS) is 14.0. The van der Waals surface area contributed by atoms with Crippen molar-refractivity contribution in [2.24, 2.45) is 4.99 Å². The molecule has 0 radical (unpaired) electrons. The van der Waals surface area contributed by atoms with Gasteiger partial charge in [-0.15, -0.1) is 0 Å². The molecule has 0 saturated heterocycles. The quantitative estimate of drug-likeness (QED) is 0.158. The number of carbonyl (C=O) groups is 1. The van der Waals surface area contributed by atoms with E-state index in [0.29, 0.717) is 37.7 Å². The topological polar surface area (TPSA) is 100 Å². The number of nitro groups is 1. The molecule has 0 spiro atoms. The minimum Gasteiger partial charge on any atom is -0.493 e. The molecule has 0 aromatic heterocycles. The molecule has 0 aliphatic carbocycles. The Morgan fingerprint density at radius 3 is 2.71 bits per heavy atom. The van der Waals surface area contributed by atoms with Gasteiger partial charge >= 0.3 is 5.97 Å². The van der Waals surface area contributed by atoms with Gasteiger partial charge in [-0.1, -0.05) is 35.9 Å². The molecule has 1 heterocycles. The lowest BCUT2D eigenvalue weighted by Gasteiger charge is -2.13. The maximum Gasteiger partial charge on any atom is 0.363 e. The molecule has 3 aromatic carbocycles. The summed E-state index contributed by atoms with van der Waals surface area (Å²) in [6, 6.07) is 16.5. The monoisotopic (exact) mass is 542 g/mol. The van der Waals surface area contributed by atoms with Crippen molar-refractivity contribution in [2.45, 2.75) is 6.61 Å². The van der Waals surface area contributed by atoms with Crippen LogP contribution in [0.4, 0.5) is 5.69 Å². The Hall–Kier alpha value is -3.69. The maximum atomic E-state index is 12.4. The molecule has 1 aliphatic rings. The van der Waals surface area contributed by atoms with Crippen LogP contribution in [0.2, 0.25) is 5.02 Å². The van der Waals surface area contributed by atoms with Crippen LogP contribution in [0.5, 0.6) is 11.5 Å². The first-order valence-corrected chi connectivity index (χ1v) is 11.0. The van der Waals surface area contributed by atoms with E-state index in [1.54, 1.807) is 54.6 Å². The van der Waals surface area contributed by atoms with Crippen molar-refractivity contribution in [3.05, 3.63) is 103 Å². The Bertz CT molecular complexity index is 1360.